The third kappa shape index (κ3) is 6.71. The number of hydrogen-bond donors (Lipinski definition) is 2. The Morgan fingerprint density at radius 3 is 2.64 bits per heavy atom. The highest BCUT2D eigenvalue weighted by Crippen LogP contribution is 2.10. The number of carbonyl (C=O) groups is 1. The number of rotatable bonds is 7. The van der Waals surface area contributed by atoms with E-state index in [-0.39, 0.29) is 6.03 Å². The van der Waals surface area contributed by atoms with E-state index in [1.165, 1.54) is 26.4 Å². The summed E-state index contributed by atoms with van der Waals surface area (Å²) in [7, 11) is 1.42. The minimum atomic E-state index is -0.262. The first-order valence-corrected chi connectivity index (χ1v) is 5.31. The summed E-state index contributed by atoms with van der Waals surface area (Å²) in [5, 5.41) is 2.77. The normalized spacial score (nSPS) is 12.2. The molecule has 0 heterocycles. The Kier molecular flexibility index (Phi) is 8.33. The molecule has 4 heteroatoms. The van der Waals surface area contributed by atoms with Gasteiger partial charge in [-0.15, -0.1) is 0 Å². The first-order valence-electron chi connectivity index (χ1n) is 5.31. The molecule has 0 radical (unpaired) electrons. The van der Waals surface area contributed by atoms with E-state index < -0.39 is 0 Å². The van der Waals surface area contributed by atoms with Crippen LogP contribution in [0.3, 0.4) is 0 Å². The van der Waals surface area contributed by atoms with Crippen LogP contribution in [0.15, 0.2) is 0 Å². The number of nitrogens with one attached hydrogen (secondary N) is 2. The van der Waals surface area contributed by atoms with Gasteiger partial charge >= 0.3 is 6.03 Å². The molecule has 0 rings (SSSR count). The van der Waals surface area contributed by atoms with Gasteiger partial charge in [-0.3, -0.25) is 4.84 Å². The van der Waals surface area contributed by atoms with Gasteiger partial charge in [-0.1, -0.05) is 33.1 Å². The summed E-state index contributed by atoms with van der Waals surface area (Å²) in [6, 6.07) is -0.262. The van der Waals surface area contributed by atoms with Crippen LogP contribution < -0.4 is 10.8 Å². The van der Waals surface area contributed by atoms with E-state index >= 15 is 0 Å². The van der Waals surface area contributed by atoms with Crippen LogP contribution in [0.2, 0.25) is 0 Å². The zero-order chi connectivity index (χ0) is 10.8. The van der Waals surface area contributed by atoms with Gasteiger partial charge in [-0.05, 0) is 12.3 Å². The Morgan fingerprint density at radius 2 is 2.14 bits per heavy atom. The SMILES string of the molecule is CCCC[C@H](CC)CNC(=O)NOC. The lowest BCUT2D eigenvalue weighted by atomic mass is 9.99. The van der Waals surface area contributed by atoms with Gasteiger partial charge in [0.05, 0.1) is 7.11 Å². The predicted octanol–water partition coefficient (Wildman–Crippen LogP) is 2.06. The van der Waals surface area contributed by atoms with Crippen molar-refractivity contribution >= 4 is 6.03 Å². The Labute approximate surface area is 86.4 Å². The third-order valence-electron chi connectivity index (χ3n) is 2.29. The molecule has 0 saturated carbocycles. The standard InChI is InChI=1S/C10H22N2O2/c1-4-6-7-9(5-2)8-11-10(13)12-14-3/h9H,4-8H2,1-3H3,(H2,11,12,13)/t9-/m0/s1. The molecule has 0 aliphatic carbocycles. The minimum absolute atomic E-state index is 0.262. The lowest BCUT2D eigenvalue weighted by Gasteiger charge is -2.14. The van der Waals surface area contributed by atoms with E-state index in [2.05, 4.69) is 29.5 Å². The van der Waals surface area contributed by atoms with Crippen molar-refractivity contribution in [3.05, 3.63) is 0 Å². The van der Waals surface area contributed by atoms with Gasteiger partial charge < -0.3 is 5.32 Å². The highest BCUT2D eigenvalue weighted by molar-refractivity contribution is 5.72. The molecule has 0 unspecified atom stereocenters. The molecule has 0 aromatic carbocycles. The summed E-state index contributed by atoms with van der Waals surface area (Å²) in [5.74, 6) is 0.581. The van der Waals surface area contributed by atoms with Crippen LogP contribution in [0.4, 0.5) is 4.79 Å². The van der Waals surface area contributed by atoms with Gasteiger partial charge in [-0.2, -0.15) is 0 Å². The zero-order valence-corrected chi connectivity index (χ0v) is 9.43. The maximum atomic E-state index is 11.0. The largest absolute Gasteiger partial charge is 0.338 e. The molecule has 2 N–H and O–H groups in total. The number of amides is 2. The van der Waals surface area contributed by atoms with Crippen molar-refractivity contribution in [1.82, 2.24) is 10.8 Å². The maximum Gasteiger partial charge on any atom is 0.338 e. The molecule has 0 fully saturated rings. The monoisotopic (exact) mass is 202 g/mol. The highest BCUT2D eigenvalue weighted by Gasteiger charge is 2.07. The Bertz CT molecular complexity index is 151. The van der Waals surface area contributed by atoms with Crippen LogP contribution in [-0.2, 0) is 4.84 Å². The van der Waals surface area contributed by atoms with E-state index in [4.69, 9.17) is 0 Å². The van der Waals surface area contributed by atoms with Gasteiger partial charge in [0.2, 0.25) is 0 Å². The lowest BCUT2D eigenvalue weighted by molar-refractivity contribution is 0.107. The minimum Gasteiger partial charge on any atom is -0.336 e. The smallest absolute Gasteiger partial charge is 0.336 e. The molecule has 84 valence electrons. The molecule has 2 amide bonds. The number of hydroxylamine groups is 1. The van der Waals surface area contributed by atoms with Crippen molar-refractivity contribution in [1.29, 1.82) is 0 Å². The van der Waals surface area contributed by atoms with Crippen molar-refractivity contribution in [2.24, 2.45) is 5.92 Å². The molecule has 0 aromatic heterocycles. The fourth-order valence-corrected chi connectivity index (χ4v) is 1.31. The molecule has 0 aliphatic heterocycles. The quantitative estimate of drug-likeness (QED) is 0.621. The van der Waals surface area contributed by atoms with Gasteiger partial charge in [0, 0.05) is 6.54 Å². The summed E-state index contributed by atoms with van der Waals surface area (Å²) < 4.78 is 0. The van der Waals surface area contributed by atoms with Crippen molar-refractivity contribution in [2.45, 2.75) is 39.5 Å². The summed E-state index contributed by atoms with van der Waals surface area (Å²) in [6.07, 6.45) is 4.72. The number of unbranched alkanes of at least 4 members (excludes halogenated alkanes) is 1. The van der Waals surface area contributed by atoms with Gasteiger partial charge in [0.15, 0.2) is 0 Å². The second-order valence-electron chi connectivity index (χ2n) is 3.43. The highest BCUT2D eigenvalue weighted by atomic mass is 16.6. The predicted molar refractivity (Wildman–Crippen MR) is 56.8 cm³/mol. The molecule has 1 atom stereocenters. The van der Waals surface area contributed by atoms with E-state index in [0.717, 1.165) is 13.0 Å². The molecular weight excluding hydrogens is 180 g/mol. The first kappa shape index (κ1) is 13.2. The average molecular weight is 202 g/mol. The third-order valence-corrected chi connectivity index (χ3v) is 2.29. The molecular formula is C10H22N2O2. The zero-order valence-electron chi connectivity index (χ0n) is 9.43. The van der Waals surface area contributed by atoms with Gasteiger partial charge in [0.25, 0.3) is 0 Å². The van der Waals surface area contributed by atoms with Crippen LogP contribution in [0, 0.1) is 5.92 Å². The Hall–Kier alpha value is -0.770. The Balaban J connectivity index is 3.55. The second-order valence-corrected chi connectivity index (χ2v) is 3.43. The van der Waals surface area contributed by atoms with Gasteiger partial charge in [-0.25, -0.2) is 10.3 Å². The van der Waals surface area contributed by atoms with Crippen molar-refractivity contribution < 1.29 is 9.63 Å². The lowest BCUT2D eigenvalue weighted by Crippen LogP contribution is -2.37. The molecule has 0 bridgehead atoms. The second kappa shape index (κ2) is 8.81. The van der Waals surface area contributed by atoms with Gasteiger partial charge in [0.1, 0.15) is 0 Å². The van der Waals surface area contributed by atoms with Crippen LogP contribution in [-0.4, -0.2) is 19.7 Å². The van der Waals surface area contributed by atoms with E-state index in [9.17, 15) is 4.79 Å². The topological polar surface area (TPSA) is 50.4 Å². The molecule has 0 saturated heterocycles. The van der Waals surface area contributed by atoms with Crippen LogP contribution >= 0.6 is 0 Å². The average Bonchev–Trinajstić information content (AvgIpc) is 2.19. The summed E-state index contributed by atoms with van der Waals surface area (Å²) >= 11 is 0. The molecule has 14 heavy (non-hydrogen) atoms. The van der Waals surface area contributed by atoms with Crippen molar-refractivity contribution in [2.75, 3.05) is 13.7 Å². The summed E-state index contributed by atoms with van der Waals surface area (Å²) in [6.45, 7) is 5.06. The van der Waals surface area contributed by atoms with Crippen molar-refractivity contribution in [3.8, 4) is 0 Å². The van der Waals surface area contributed by atoms with Crippen molar-refractivity contribution in [3.63, 3.8) is 0 Å². The van der Waals surface area contributed by atoms with Crippen LogP contribution in [0.25, 0.3) is 0 Å². The fraction of sp³-hybridized carbons (Fsp3) is 0.900. The van der Waals surface area contributed by atoms with Crippen LogP contribution in [0.1, 0.15) is 39.5 Å². The van der Waals surface area contributed by atoms with E-state index in [0.29, 0.717) is 5.92 Å². The van der Waals surface area contributed by atoms with E-state index in [1.807, 2.05) is 0 Å². The number of carbonyl (C=O) groups excluding carboxylic acids is 1. The number of urea groups is 1. The fourth-order valence-electron chi connectivity index (χ4n) is 1.31. The molecule has 0 spiro atoms. The molecule has 0 aliphatic rings. The first-order chi connectivity index (χ1) is 6.74. The maximum absolute atomic E-state index is 11.0. The summed E-state index contributed by atoms with van der Waals surface area (Å²) in [5.41, 5.74) is 2.23. The summed E-state index contributed by atoms with van der Waals surface area (Å²) in [4.78, 5) is 15.5. The number of hydrogen-bond acceptors (Lipinski definition) is 2. The Morgan fingerprint density at radius 1 is 1.43 bits per heavy atom. The molecule has 0 aromatic rings. The van der Waals surface area contributed by atoms with Crippen LogP contribution in [0.5, 0.6) is 0 Å². The molecule has 4 nitrogen and oxygen atoms in total. The van der Waals surface area contributed by atoms with E-state index in [1.54, 1.807) is 0 Å².